The number of rotatable bonds is 7. The minimum absolute atomic E-state index is 0.160. The summed E-state index contributed by atoms with van der Waals surface area (Å²) in [5.41, 5.74) is 9.98. The maximum Gasteiger partial charge on any atom is 0.0998 e. The summed E-state index contributed by atoms with van der Waals surface area (Å²) in [6.45, 7) is 5.30. The van der Waals surface area contributed by atoms with E-state index in [-0.39, 0.29) is 18.8 Å². The van der Waals surface area contributed by atoms with E-state index in [4.69, 9.17) is 0 Å². The summed E-state index contributed by atoms with van der Waals surface area (Å²) in [5.74, 6) is 0.633. The molecule has 1 aliphatic carbocycles. The Morgan fingerprint density at radius 1 is 1.15 bits per heavy atom. The van der Waals surface area contributed by atoms with Crippen molar-refractivity contribution in [1.82, 2.24) is 15.9 Å². The molecule has 2 unspecified atom stereocenters. The molecule has 0 radical (unpaired) electrons. The second kappa shape index (κ2) is 10.4. The van der Waals surface area contributed by atoms with Gasteiger partial charge < -0.3 is 5.11 Å². The Bertz CT molecular complexity index is 559. The molecule has 5 heteroatoms. The lowest BCUT2D eigenvalue weighted by atomic mass is 9.97. The Kier molecular flexibility index (Phi) is 7.94. The zero-order valence-electron chi connectivity index (χ0n) is 17.2. The van der Waals surface area contributed by atoms with Crippen LogP contribution < -0.4 is 15.9 Å². The molecule has 2 aliphatic rings. The second-order valence-electron chi connectivity index (χ2n) is 8.34. The van der Waals surface area contributed by atoms with Crippen molar-refractivity contribution in [2.45, 2.75) is 83.8 Å². The van der Waals surface area contributed by atoms with Crippen LogP contribution in [0.15, 0.2) is 24.3 Å². The van der Waals surface area contributed by atoms with E-state index in [1.54, 1.807) is 0 Å². The number of aliphatic hydroxyl groups is 1. The number of hydrogen-bond acceptors (Lipinski definition) is 5. The molecular formula is C22H38N4O. The Morgan fingerprint density at radius 3 is 2.59 bits per heavy atom. The van der Waals surface area contributed by atoms with Crippen molar-refractivity contribution in [3.05, 3.63) is 29.8 Å². The van der Waals surface area contributed by atoms with E-state index in [1.807, 2.05) is 0 Å². The van der Waals surface area contributed by atoms with Gasteiger partial charge in [0.2, 0.25) is 0 Å². The molecule has 5 nitrogen and oxygen atoms in total. The molecule has 0 spiro atoms. The first-order valence-corrected chi connectivity index (χ1v) is 10.9. The van der Waals surface area contributed by atoms with E-state index in [2.05, 4.69) is 59.0 Å². The van der Waals surface area contributed by atoms with Crippen LogP contribution in [0.4, 0.5) is 5.69 Å². The molecule has 0 bridgehead atoms. The number of aryl methyl sites for hydroxylation is 1. The third kappa shape index (κ3) is 5.67. The Hall–Kier alpha value is -1.14. The Labute approximate surface area is 165 Å². The van der Waals surface area contributed by atoms with E-state index >= 15 is 0 Å². The van der Waals surface area contributed by atoms with E-state index in [0.717, 1.165) is 25.9 Å². The third-order valence-corrected chi connectivity index (χ3v) is 6.12. The largest absolute Gasteiger partial charge is 0.395 e. The van der Waals surface area contributed by atoms with Gasteiger partial charge in [0.05, 0.1) is 25.1 Å². The van der Waals surface area contributed by atoms with Crippen LogP contribution >= 0.6 is 0 Å². The normalized spacial score (nSPS) is 24.0. The summed E-state index contributed by atoms with van der Waals surface area (Å²) >= 11 is 0. The van der Waals surface area contributed by atoms with Crippen LogP contribution in [-0.2, 0) is 0 Å². The molecule has 0 aromatic heterocycles. The fourth-order valence-electron chi connectivity index (χ4n) is 4.42. The predicted octanol–water partition coefficient (Wildman–Crippen LogP) is 3.93. The summed E-state index contributed by atoms with van der Waals surface area (Å²) < 4.78 is 0. The fourth-order valence-corrected chi connectivity index (χ4v) is 4.42. The lowest BCUT2D eigenvalue weighted by Crippen LogP contribution is -2.70. The number of anilines is 1. The van der Waals surface area contributed by atoms with Gasteiger partial charge in [-0.15, -0.1) is 0 Å². The van der Waals surface area contributed by atoms with Gasteiger partial charge >= 0.3 is 0 Å². The smallest absolute Gasteiger partial charge is 0.0998 e. The summed E-state index contributed by atoms with van der Waals surface area (Å²) in [4.78, 5) is 0. The van der Waals surface area contributed by atoms with E-state index < -0.39 is 0 Å². The van der Waals surface area contributed by atoms with E-state index in [0.29, 0.717) is 5.92 Å². The minimum atomic E-state index is 0.160. The minimum Gasteiger partial charge on any atom is -0.395 e. The molecule has 1 saturated heterocycles. The predicted molar refractivity (Wildman–Crippen MR) is 112 cm³/mol. The molecular weight excluding hydrogens is 336 g/mol. The highest BCUT2D eigenvalue weighted by molar-refractivity contribution is 5.47. The van der Waals surface area contributed by atoms with Gasteiger partial charge in [0.25, 0.3) is 0 Å². The van der Waals surface area contributed by atoms with Gasteiger partial charge in [0.15, 0.2) is 0 Å². The second-order valence-corrected chi connectivity index (χ2v) is 8.34. The van der Waals surface area contributed by atoms with Gasteiger partial charge in [0, 0.05) is 6.04 Å². The molecule has 2 fully saturated rings. The van der Waals surface area contributed by atoms with Gasteiger partial charge in [-0.3, -0.25) is 5.01 Å². The first-order chi connectivity index (χ1) is 13.2. The Morgan fingerprint density at radius 2 is 1.93 bits per heavy atom. The molecule has 3 N–H and O–H groups in total. The molecule has 2 atom stereocenters. The van der Waals surface area contributed by atoms with Gasteiger partial charge in [-0.1, -0.05) is 57.6 Å². The van der Waals surface area contributed by atoms with Crippen LogP contribution in [0.3, 0.4) is 0 Å². The monoisotopic (exact) mass is 374 g/mol. The van der Waals surface area contributed by atoms with Crippen LogP contribution in [0, 0.1) is 12.8 Å². The van der Waals surface area contributed by atoms with Crippen LogP contribution in [0.1, 0.15) is 70.3 Å². The lowest BCUT2D eigenvalue weighted by molar-refractivity contribution is 0.000543. The number of aliphatic hydroxyl groups excluding tert-OH is 1. The van der Waals surface area contributed by atoms with Gasteiger partial charge in [0.1, 0.15) is 0 Å². The van der Waals surface area contributed by atoms with Crippen molar-refractivity contribution >= 4 is 5.69 Å². The van der Waals surface area contributed by atoms with E-state index in [1.165, 1.54) is 49.8 Å². The topological polar surface area (TPSA) is 50.8 Å². The molecule has 1 aromatic carbocycles. The van der Waals surface area contributed by atoms with Crippen molar-refractivity contribution in [3.63, 3.8) is 0 Å². The first-order valence-electron chi connectivity index (χ1n) is 10.9. The quantitative estimate of drug-likeness (QED) is 0.631. The van der Waals surface area contributed by atoms with Crippen molar-refractivity contribution < 1.29 is 5.11 Å². The highest BCUT2D eigenvalue weighted by atomic mass is 16.3. The average molecular weight is 375 g/mol. The molecule has 1 aliphatic heterocycles. The summed E-state index contributed by atoms with van der Waals surface area (Å²) in [7, 11) is 0. The van der Waals surface area contributed by atoms with Gasteiger partial charge in [-0.2, -0.15) is 0 Å². The number of unbranched alkanes of at least 4 members (excludes halogenated alkanes) is 1. The lowest BCUT2D eigenvalue weighted by Gasteiger charge is -2.47. The van der Waals surface area contributed by atoms with Gasteiger partial charge in [-0.05, 0) is 49.8 Å². The van der Waals surface area contributed by atoms with Crippen molar-refractivity contribution in [1.29, 1.82) is 0 Å². The van der Waals surface area contributed by atoms with Crippen molar-refractivity contribution in [3.8, 4) is 0 Å². The molecule has 152 valence electrons. The summed E-state index contributed by atoms with van der Waals surface area (Å²) in [5, 5.41) is 14.6. The highest BCUT2D eigenvalue weighted by Crippen LogP contribution is 2.28. The molecule has 3 rings (SSSR count). The highest BCUT2D eigenvalue weighted by Gasteiger charge is 2.33. The molecule has 1 aromatic rings. The summed E-state index contributed by atoms with van der Waals surface area (Å²) in [6.07, 6.45) is 11.5. The zero-order valence-corrected chi connectivity index (χ0v) is 17.2. The first kappa shape index (κ1) is 20.6. The number of hydrazine groups is 2. The number of nitrogens with one attached hydrogen (secondary N) is 2. The maximum atomic E-state index is 10.0. The van der Waals surface area contributed by atoms with Crippen LogP contribution in [0.2, 0.25) is 0 Å². The number of nitrogens with zero attached hydrogens (tertiary/aromatic N) is 2. The summed E-state index contributed by atoms with van der Waals surface area (Å²) in [6, 6.07) is 8.84. The molecule has 0 amide bonds. The van der Waals surface area contributed by atoms with Crippen molar-refractivity contribution in [2.75, 3.05) is 18.3 Å². The third-order valence-electron chi connectivity index (χ3n) is 6.12. The van der Waals surface area contributed by atoms with Crippen LogP contribution in [0.5, 0.6) is 0 Å². The maximum absolute atomic E-state index is 10.0. The zero-order chi connectivity index (χ0) is 19.1. The molecule has 1 heterocycles. The number of hydrogen-bond donors (Lipinski definition) is 3. The Balaban J connectivity index is 1.78. The average Bonchev–Trinajstić information content (AvgIpc) is 2.98. The molecule has 27 heavy (non-hydrogen) atoms. The fraction of sp³-hybridized carbons (Fsp3) is 0.727. The van der Waals surface area contributed by atoms with Crippen molar-refractivity contribution in [2.24, 2.45) is 5.92 Å². The number of benzene rings is 1. The van der Waals surface area contributed by atoms with Gasteiger partial charge in [-0.25, -0.2) is 15.9 Å². The van der Waals surface area contributed by atoms with Crippen LogP contribution in [0.25, 0.3) is 0 Å². The van der Waals surface area contributed by atoms with E-state index in [9.17, 15) is 5.11 Å². The van der Waals surface area contributed by atoms with Crippen LogP contribution in [-0.4, -0.2) is 35.6 Å². The SMILES string of the molecule is CCCCC(CO)N1CN(c2cccc(C)c2)NC(C2CCCCCC2)N1. The standard InChI is InChI=1S/C22H38N4O/c1-3-4-13-21(16-27)26-17-25(20-14-9-10-18(2)15-20)23-22(24-26)19-11-7-5-6-8-12-19/h9-10,14-15,19,21-24,27H,3-8,11-13,16-17H2,1-2H3. The molecule has 1 saturated carbocycles.